The first-order valence-corrected chi connectivity index (χ1v) is 11.7. The van der Waals surface area contributed by atoms with Crippen LogP contribution in [0.2, 0.25) is 0 Å². The summed E-state index contributed by atoms with van der Waals surface area (Å²) < 4.78 is 26.2. The molecule has 35 heavy (non-hydrogen) atoms. The molecule has 2 aromatic carbocycles. The molecule has 2 atom stereocenters. The lowest BCUT2D eigenvalue weighted by Gasteiger charge is -2.37. The van der Waals surface area contributed by atoms with E-state index in [1.165, 1.54) is 12.1 Å². The third-order valence-corrected chi connectivity index (χ3v) is 5.67. The molecule has 1 aliphatic heterocycles. The number of morpholine rings is 1. The van der Waals surface area contributed by atoms with Gasteiger partial charge in [-0.3, -0.25) is 9.78 Å². The zero-order valence-corrected chi connectivity index (χ0v) is 20.0. The van der Waals surface area contributed by atoms with Crippen LogP contribution in [0.5, 0.6) is 5.75 Å². The average Bonchev–Trinajstić information content (AvgIpc) is 2.85. The summed E-state index contributed by atoms with van der Waals surface area (Å²) in [7, 11) is 0. The summed E-state index contributed by atoms with van der Waals surface area (Å²) in [5.74, 6) is 0.198. The normalized spacial score (nSPS) is 18.0. The first-order chi connectivity index (χ1) is 17.0. The van der Waals surface area contributed by atoms with Gasteiger partial charge in [-0.25, -0.2) is 4.39 Å². The van der Waals surface area contributed by atoms with Crippen molar-refractivity contribution in [2.24, 2.45) is 0 Å². The van der Waals surface area contributed by atoms with Gasteiger partial charge in [0.2, 0.25) is 5.91 Å². The molecule has 0 spiro atoms. The van der Waals surface area contributed by atoms with Crippen LogP contribution in [0.4, 0.5) is 10.1 Å². The molecule has 1 aromatic heterocycles. The maximum absolute atomic E-state index is 14.7. The van der Waals surface area contributed by atoms with Crippen LogP contribution >= 0.6 is 0 Å². The van der Waals surface area contributed by atoms with E-state index in [-0.39, 0.29) is 30.5 Å². The van der Waals surface area contributed by atoms with Crippen molar-refractivity contribution >= 4 is 17.7 Å². The fourth-order valence-corrected chi connectivity index (χ4v) is 4.04. The molecule has 1 aliphatic rings. The third kappa shape index (κ3) is 7.13. The number of carbonyl (C=O) groups is 1. The van der Waals surface area contributed by atoms with Crippen molar-refractivity contribution in [1.29, 1.82) is 0 Å². The zero-order valence-electron chi connectivity index (χ0n) is 20.0. The molecule has 3 aromatic rings. The Bertz CT molecular complexity index is 1140. The summed E-state index contributed by atoms with van der Waals surface area (Å²) in [6.45, 7) is 5.97. The predicted molar refractivity (Wildman–Crippen MR) is 135 cm³/mol. The standard InChI is InChI=1S/C28H30FN3O3/c1-20-17-32(18-21(2)35-20)27-11-7-23(14-26(27)29)16-31-28(33)12-8-22-5-9-25(10-6-22)34-19-24-4-3-13-30-15-24/h3-15,20-21H,16-19H2,1-2H3,(H,31,33). The summed E-state index contributed by atoms with van der Waals surface area (Å²) in [5, 5.41) is 2.80. The number of pyridine rings is 1. The molecule has 1 amide bonds. The molecule has 2 heterocycles. The first-order valence-electron chi connectivity index (χ1n) is 11.7. The second kappa shape index (κ2) is 11.6. The van der Waals surface area contributed by atoms with E-state index in [1.54, 1.807) is 24.5 Å². The second-order valence-corrected chi connectivity index (χ2v) is 8.72. The number of hydrogen-bond donors (Lipinski definition) is 1. The minimum atomic E-state index is -0.292. The Labute approximate surface area is 205 Å². The molecule has 1 N–H and O–H groups in total. The van der Waals surface area contributed by atoms with E-state index in [0.29, 0.717) is 30.9 Å². The highest BCUT2D eigenvalue weighted by molar-refractivity contribution is 5.91. The molecule has 0 saturated carbocycles. The number of aromatic nitrogens is 1. The van der Waals surface area contributed by atoms with Gasteiger partial charge in [0.05, 0.1) is 17.9 Å². The Kier molecular flexibility index (Phi) is 8.11. The fraction of sp³-hybridized carbons (Fsp3) is 0.286. The maximum Gasteiger partial charge on any atom is 0.244 e. The van der Waals surface area contributed by atoms with Gasteiger partial charge < -0.3 is 19.7 Å². The van der Waals surface area contributed by atoms with Crippen molar-refractivity contribution in [3.05, 3.63) is 95.6 Å². The quantitative estimate of drug-likeness (QED) is 0.477. The molecule has 0 bridgehead atoms. The number of anilines is 1. The van der Waals surface area contributed by atoms with E-state index < -0.39 is 0 Å². The van der Waals surface area contributed by atoms with Gasteiger partial charge in [-0.1, -0.05) is 24.3 Å². The number of nitrogens with zero attached hydrogens (tertiary/aromatic N) is 2. The zero-order chi connectivity index (χ0) is 24.6. The summed E-state index contributed by atoms with van der Waals surface area (Å²) >= 11 is 0. The monoisotopic (exact) mass is 475 g/mol. The minimum absolute atomic E-state index is 0.0551. The maximum atomic E-state index is 14.7. The number of carbonyl (C=O) groups excluding carboxylic acids is 1. The molecular formula is C28H30FN3O3. The Hall–Kier alpha value is -3.71. The molecule has 0 radical (unpaired) electrons. The van der Waals surface area contributed by atoms with Gasteiger partial charge in [0, 0.05) is 43.7 Å². The topological polar surface area (TPSA) is 63.7 Å². The van der Waals surface area contributed by atoms with Crippen molar-refractivity contribution in [1.82, 2.24) is 10.3 Å². The molecule has 1 saturated heterocycles. The number of rotatable bonds is 8. The number of amides is 1. The van der Waals surface area contributed by atoms with E-state index in [0.717, 1.165) is 16.9 Å². The van der Waals surface area contributed by atoms with Crippen LogP contribution in [0.15, 0.2) is 73.1 Å². The van der Waals surface area contributed by atoms with Crippen molar-refractivity contribution < 1.29 is 18.7 Å². The molecular weight excluding hydrogens is 445 g/mol. The summed E-state index contributed by atoms with van der Waals surface area (Å²) in [5.41, 5.74) is 3.14. The van der Waals surface area contributed by atoms with Crippen LogP contribution < -0.4 is 15.0 Å². The number of halogens is 1. The summed E-state index contributed by atoms with van der Waals surface area (Å²) in [4.78, 5) is 18.3. The SMILES string of the molecule is CC1CN(c2ccc(CNC(=O)C=Cc3ccc(OCc4cccnc4)cc3)cc2F)CC(C)O1. The number of nitrogens with one attached hydrogen (secondary N) is 1. The Morgan fingerprint density at radius 1 is 1.14 bits per heavy atom. The van der Waals surface area contributed by atoms with Gasteiger partial charge in [-0.2, -0.15) is 0 Å². The van der Waals surface area contributed by atoms with E-state index in [9.17, 15) is 9.18 Å². The largest absolute Gasteiger partial charge is 0.489 e. The van der Waals surface area contributed by atoms with Crippen molar-refractivity contribution in [2.75, 3.05) is 18.0 Å². The molecule has 0 aliphatic carbocycles. The summed E-state index contributed by atoms with van der Waals surface area (Å²) in [6.07, 6.45) is 6.79. The molecule has 4 rings (SSSR count). The van der Waals surface area contributed by atoms with Crippen LogP contribution in [0, 0.1) is 5.82 Å². The lowest BCUT2D eigenvalue weighted by atomic mass is 10.1. The van der Waals surface area contributed by atoms with Crippen LogP contribution in [-0.4, -0.2) is 36.2 Å². The molecule has 7 heteroatoms. The lowest BCUT2D eigenvalue weighted by molar-refractivity contribution is -0.116. The Morgan fingerprint density at radius 3 is 2.60 bits per heavy atom. The van der Waals surface area contributed by atoms with Gasteiger partial charge in [0.25, 0.3) is 0 Å². The van der Waals surface area contributed by atoms with Crippen molar-refractivity contribution in [3.8, 4) is 5.75 Å². The predicted octanol–water partition coefficient (Wildman–Crippen LogP) is 4.74. The Balaban J connectivity index is 1.25. The number of ether oxygens (including phenoxy) is 2. The van der Waals surface area contributed by atoms with Crippen LogP contribution in [-0.2, 0) is 22.7 Å². The third-order valence-electron chi connectivity index (χ3n) is 5.67. The molecule has 182 valence electrons. The van der Waals surface area contributed by atoms with E-state index in [4.69, 9.17) is 9.47 Å². The molecule has 2 unspecified atom stereocenters. The van der Waals surface area contributed by atoms with Crippen molar-refractivity contribution in [3.63, 3.8) is 0 Å². The van der Waals surface area contributed by atoms with Crippen LogP contribution in [0.3, 0.4) is 0 Å². The highest BCUT2D eigenvalue weighted by atomic mass is 19.1. The Morgan fingerprint density at radius 2 is 1.91 bits per heavy atom. The van der Waals surface area contributed by atoms with Gasteiger partial charge >= 0.3 is 0 Å². The van der Waals surface area contributed by atoms with Gasteiger partial charge in [0.1, 0.15) is 18.2 Å². The van der Waals surface area contributed by atoms with E-state index in [2.05, 4.69) is 10.3 Å². The van der Waals surface area contributed by atoms with Crippen LogP contribution in [0.1, 0.15) is 30.5 Å². The van der Waals surface area contributed by atoms with Gasteiger partial charge in [-0.05, 0) is 61.4 Å². The molecule has 1 fully saturated rings. The van der Waals surface area contributed by atoms with Gasteiger partial charge in [-0.15, -0.1) is 0 Å². The van der Waals surface area contributed by atoms with Crippen molar-refractivity contribution in [2.45, 2.75) is 39.2 Å². The smallest absolute Gasteiger partial charge is 0.244 e. The number of benzene rings is 2. The fourth-order valence-electron chi connectivity index (χ4n) is 4.04. The second-order valence-electron chi connectivity index (χ2n) is 8.72. The van der Waals surface area contributed by atoms with Crippen LogP contribution in [0.25, 0.3) is 6.08 Å². The average molecular weight is 476 g/mol. The molecule has 6 nitrogen and oxygen atoms in total. The van der Waals surface area contributed by atoms with E-state index in [1.807, 2.05) is 61.2 Å². The van der Waals surface area contributed by atoms with Gasteiger partial charge in [0.15, 0.2) is 0 Å². The lowest BCUT2D eigenvalue weighted by Crippen LogP contribution is -2.45. The highest BCUT2D eigenvalue weighted by Gasteiger charge is 2.24. The highest BCUT2D eigenvalue weighted by Crippen LogP contribution is 2.24. The summed E-state index contributed by atoms with van der Waals surface area (Å²) in [6, 6.07) is 16.4. The first kappa shape index (κ1) is 24.4. The van der Waals surface area contributed by atoms with E-state index >= 15 is 0 Å². The number of hydrogen-bond acceptors (Lipinski definition) is 5. The minimum Gasteiger partial charge on any atom is -0.489 e.